The molecule has 4 heteroatoms. The summed E-state index contributed by atoms with van der Waals surface area (Å²) in [7, 11) is 0. The van der Waals surface area contributed by atoms with Crippen molar-refractivity contribution in [3.05, 3.63) is 33.8 Å². The van der Waals surface area contributed by atoms with E-state index in [2.05, 4.69) is 11.8 Å². The Balaban J connectivity index is 1.97. The lowest BCUT2D eigenvalue weighted by Gasteiger charge is -2.31. The zero-order valence-electron chi connectivity index (χ0n) is 11.2. The van der Waals surface area contributed by atoms with Crippen LogP contribution in [0.4, 0.5) is 0 Å². The van der Waals surface area contributed by atoms with Crippen molar-refractivity contribution >= 4 is 29.0 Å². The van der Waals surface area contributed by atoms with Crippen LogP contribution < -0.4 is 0 Å². The van der Waals surface area contributed by atoms with E-state index in [4.69, 9.17) is 23.2 Å². The molecule has 0 aromatic heterocycles. The van der Waals surface area contributed by atoms with E-state index in [0.717, 1.165) is 19.0 Å². The quantitative estimate of drug-likeness (QED) is 0.730. The lowest BCUT2D eigenvalue weighted by Crippen LogP contribution is -2.36. The molecular weight excluding hydrogens is 281 g/mol. The normalized spacial score (nSPS) is 15.6. The van der Waals surface area contributed by atoms with Crippen molar-refractivity contribution in [2.75, 3.05) is 19.6 Å². The van der Waals surface area contributed by atoms with Crippen LogP contribution >= 0.6 is 23.2 Å². The Morgan fingerprint density at radius 2 is 2.11 bits per heavy atom. The molecule has 0 N–H and O–H groups in total. The first-order valence-electron chi connectivity index (χ1n) is 6.80. The van der Waals surface area contributed by atoms with Crippen molar-refractivity contribution in [2.24, 2.45) is 5.92 Å². The Kier molecular flexibility index (Phi) is 5.26. The minimum atomic E-state index is 0.0721. The van der Waals surface area contributed by atoms with Crippen LogP contribution in [0, 0.1) is 5.92 Å². The van der Waals surface area contributed by atoms with Gasteiger partial charge in [0.2, 0.25) is 0 Å². The van der Waals surface area contributed by atoms with Gasteiger partial charge in [0.1, 0.15) is 0 Å². The number of Topliss-reactive ketones (excluding diaryl/α,β-unsaturated/α-hetero) is 1. The zero-order valence-corrected chi connectivity index (χ0v) is 12.7. The van der Waals surface area contributed by atoms with E-state index in [1.807, 2.05) is 0 Å². The molecule has 104 valence electrons. The summed E-state index contributed by atoms with van der Waals surface area (Å²) in [5.41, 5.74) is 0.568. The SMILES string of the molecule is CCN(CC(=O)c1ccc(Cl)cc1Cl)CC1CCC1. The standard InChI is InChI=1S/C15H19Cl2NO/c1-2-18(9-11-4-3-5-11)10-15(19)13-7-6-12(16)8-14(13)17/h6-8,11H,2-5,9-10H2,1H3. The fraction of sp³-hybridized carbons (Fsp3) is 0.533. The highest BCUT2D eigenvalue weighted by atomic mass is 35.5. The van der Waals surface area contributed by atoms with Gasteiger partial charge in [0.25, 0.3) is 0 Å². The van der Waals surface area contributed by atoms with E-state index >= 15 is 0 Å². The Morgan fingerprint density at radius 3 is 2.63 bits per heavy atom. The molecule has 1 fully saturated rings. The van der Waals surface area contributed by atoms with Gasteiger partial charge in [-0.15, -0.1) is 0 Å². The minimum absolute atomic E-state index is 0.0721. The summed E-state index contributed by atoms with van der Waals surface area (Å²) in [6.45, 7) is 4.45. The minimum Gasteiger partial charge on any atom is -0.296 e. The Morgan fingerprint density at radius 1 is 1.37 bits per heavy atom. The molecule has 0 spiro atoms. The average Bonchev–Trinajstić information content (AvgIpc) is 2.31. The van der Waals surface area contributed by atoms with Crippen molar-refractivity contribution in [1.29, 1.82) is 0 Å². The predicted octanol–water partition coefficient (Wildman–Crippen LogP) is 4.30. The summed E-state index contributed by atoms with van der Waals surface area (Å²) in [5, 5.41) is 1.00. The van der Waals surface area contributed by atoms with Gasteiger partial charge in [-0.05, 0) is 43.5 Å². The van der Waals surface area contributed by atoms with Crippen molar-refractivity contribution in [1.82, 2.24) is 4.90 Å². The molecule has 1 saturated carbocycles. The number of benzene rings is 1. The number of nitrogens with zero attached hydrogens (tertiary/aromatic N) is 1. The number of carbonyl (C=O) groups is 1. The second-order valence-electron chi connectivity index (χ2n) is 5.17. The molecular formula is C15H19Cl2NO. The monoisotopic (exact) mass is 299 g/mol. The fourth-order valence-corrected chi connectivity index (χ4v) is 2.86. The predicted molar refractivity (Wildman–Crippen MR) is 80.2 cm³/mol. The van der Waals surface area contributed by atoms with E-state index in [9.17, 15) is 4.79 Å². The first kappa shape index (κ1) is 14.8. The Bertz CT molecular complexity index is 457. The summed E-state index contributed by atoms with van der Waals surface area (Å²) in [4.78, 5) is 14.5. The van der Waals surface area contributed by atoms with Crippen molar-refractivity contribution in [3.8, 4) is 0 Å². The number of likely N-dealkylation sites (N-methyl/N-ethyl adjacent to an activating group) is 1. The molecule has 0 amide bonds. The van der Waals surface area contributed by atoms with Crippen LogP contribution in [0.5, 0.6) is 0 Å². The summed E-state index contributed by atoms with van der Waals surface area (Å²) < 4.78 is 0. The van der Waals surface area contributed by atoms with Gasteiger partial charge in [-0.3, -0.25) is 9.69 Å². The van der Waals surface area contributed by atoms with Gasteiger partial charge in [0.05, 0.1) is 11.6 Å². The third-order valence-electron chi connectivity index (χ3n) is 3.79. The van der Waals surface area contributed by atoms with E-state index in [0.29, 0.717) is 22.2 Å². The molecule has 0 saturated heterocycles. The molecule has 1 aromatic rings. The lowest BCUT2D eigenvalue weighted by molar-refractivity contribution is 0.0905. The van der Waals surface area contributed by atoms with Gasteiger partial charge in [-0.2, -0.15) is 0 Å². The Hall–Kier alpha value is -0.570. The molecule has 2 nitrogen and oxygen atoms in total. The maximum Gasteiger partial charge on any atom is 0.178 e. The van der Waals surface area contributed by atoms with Crippen LogP contribution in [0.1, 0.15) is 36.5 Å². The lowest BCUT2D eigenvalue weighted by atomic mass is 9.85. The number of ketones is 1. The summed E-state index contributed by atoms with van der Waals surface area (Å²) in [6.07, 6.45) is 3.93. The van der Waals surface area contributed by atoms with Gasteiger partial charge < -0.3 is 0 Å². The number of halogens is 2. The molecule has 1 aliphatic carbocycles. The topological polar surface area (TPSA) is 20.3 Å². The first-order valence-corrected chi connectivity index (χ1v) is 7.56. The van der Waals surface area contributed by atoms with Gasteiger partial charge in [0.15, 0.2) is 5.78 Å². The number of hydrogen-bond donors (Lipinski definition) is 0. The van der Waals surface area contributed by atoms with Crippen LogP contribution in [0.15, 0.2) is 18.2 Å². The maximum atomic E-state index is 12.3. The second kappa shape index (κ2) is 6.74. The number of rotatable bonds is 6. The summed E-state index contributed by atoms with van der Waals surface area (Å²) in [6, 6.07) is 5.05. The smallest absolute Gasteiger partial charge is 0.178 e. The molecule has 2 rings (SSSR count). The van der Waals surface area contributed by atoms with E-state index in [-0.39, 0.29) is 5.78 Å². The molecule has 1 aromatic carbocycles. The largest absolute Gasteiger partial charge is 0.296 e. The van der Waals surface area contributed by atoms with Gasteiger partial charge in [0, 0.05) is 17.1 Å². The van der Waals surface area contributed by atoms with E-state index in [1.54, 1.807) is 18.2 Å². The molecule has 0 aliphatic heterocycles. The second-order valence-corrected chi connectivity index (χ2v) is 6.02. The van der Waals surface area contributed by atoms with Gasteiger partial charge >= 0.3 is 0 Å². The molecule has 0 unspecified atom stereocenters. The number of hydrogen-bond acceptors (Lipinski definition) is 2. The molecule has 0 radical (unpaired) electrons. The summed E-state index contributed by atoms with van der Waals surface area (Å²) in [5.74, 6) is 0.844. The average molecular weight is 300 g/mol. The van der Waals surface area contributed by atoms with Crippen molar-refractivity contribution < 1.29 is 4.79 Å². The number of carbonyl (C=O) groups excluding carboxylic acids is 1. The van der Waals surface area contributed by atoms with Crippen molar-refractivity contribution in [3.63, 3.8) is 0 Å². The molecule has 0 atom stereocenters. The molecule has 19 heavy (non-hydrogen) atoms. The maximum absolute atomic E-state index is 12.3. The highest BCUT2D eigenvalue weighted by molar-refractivity contribution is 6.36. The van der Waals surface area contributed by atoms with Gasteiger partial charge in [-0.1, -0.05) is 36.5 Å². The van der Waals surface area contributed by atoms with Gasteiger partial charge in [-0.25, -0.2) is 0 Å². The van der Waals surface area contributed by atoms with Crippen molar-refractivity contribution in [2.45, 2.75) is 26.2 Å². The Labute approximate surface area is 124 Å². The van der Waals surface area contributed by atoms with Crippen LogP contribution in [-0.4, -0.2) is 30.3 Å². The van der Waals surface area contributed by atoms with Crippen LogP contribution in [-0.2, 0) is 0 Å². The van der Waals surface area contributed by atoms with Crippen LogP contribution in [0.2, 0.25) is 10.0 Å². The molecule has 0 bridgehead atoms. The zero-order chi connectivity index (χ0) is 13.8. The van der Waals surface area contributed by atoms with E-state index in [1.165, 1.54) is 19.3 Å². The van der Waals surface area contributed by atoms with Crippen LogP contribution in [0.25, 0.3) is 0 Å². The van der Waals surface area contributed by atoms with Crippen LogP contribution in [0.3, 0.4) is 0 Å². The fourth-order valence-electron chi connectivity index (χ4n) is 2.35. The first-order chi connectivity index (χ1) is 9.10. The third kappa shape index (κ3) is 3.95. The van der Waals surface area contributed by atoms with E-state index < -0.39 is 0 Å². The highest BCUT2D eigenvalue weighted by Gasteiger charge is 2.22. The third-order valence-corrected chi connectivity index (χ3v) is 4.33. The summed E-state index contributed by atoms with van der Waals surface area (Å²) >= 11 is 11.9. The highest BCUT2D eigenvalue weighted by Crippen LogP contribution is 2.27. The molecule has 1 aliphatic rings. The molecule has 0 heterocycles.